The molecule has 1 saturated carbocycles. The smallest absolute Gasteiger partial charge is 0.230 e. The minimum atomic E-state index is -0.163. The molecule has 132 valence electrons. The molecule has 2 atom stereocenters. The van der Waals surface area contributed by atoms with E-state index in [1.807, 2.05) is 32.0 Å². The van der Waals surface area contributed by atoms with Gasteiger partial charge < -0.3 is 5.32 Å². The van der Waals surface area contributed by atoms with E-state index >= 15 is 0 Å². The number of thioether (sulfide) groups is 1. The number of benzene rings is 1. The molecule has 0 radical (unpaired) electrons. The largest absolute Gasteiger partial charge is 0.300 e. The highest BCUT2D eigenvalue weighted by molar-refractivity contribution is 8.00. The van der Waals surface area contributed by atoms with Crippen LogP contribution in [0, 0.1) is 17.3 Å². The molecule has 1 aliphatic rings. The molecular weight excluding hydrogens is 397 g/mol. The van der Waals surface area contributed by atoms with Gasteiger partial charge in [0.15, 0.2) is 4.34 Å². The van der Waals surface area contributed by atoms with Crippen LogP contribution in [0.1, 0.15) is 19.4 Å². The number of halogens is 2. The summed E-state index contributed by atoms with van der Waals surface area (Å²) in [6.07, 6.45) is 1.73. The van der Waals surface area contributed by atoms with Gasteiger partial charge in [0, 0.05) is 5.75 Å². The Labute approximate surface area is 165 Å². The number of rotatable bonds is 6. The molecule has 1 N–H and O–H groups in total. The van der Waals surface area contributed by atoms with Gasteiger partial charge in [0.25, 0.3) is 0 Å². The van der Waals surface area contributed by atoms with Crippen molar-refractivity contribution in [2.24, 2.45) is 17.3 Å². The van der Waals surface area contributed by atoms with Crippen LogP contribution in [0.2, 0.25) is 0 Å². The first kappa shape index (κ1) is 18.7. The number of allylic oxidation sites excluding steroid dienone is 1. The van der Waals surface area contributed by atoms with Gasteiger partial charge in [-0.3, -0.25) is 4.79 Å². The second-order valence-electron chi connectivity index (χ2n) is 6.42. The first-order chi connectivity index (χ1) is 11.9. The van der Waals surface area contributed by atoms with Gasteiger partial charge in [-0.2, -0.15) is 0 Å². The second-order valence-corrected chi connectivity index (χ2v) is 9.63. The summed E-state index contributed by atoms with van der Waals surface area (Å²) in [5.41, 5.74) is 1.06. The van der Waals surface area contributed by atoms with Crippen molar-refractivity contribution < 1.29 is 4.79 Å². The van der Waals surface area contributed by atoms with Crippen molar-refractivity contribution in [3.05, 3.63) is 46.5 Å². The van der Waals surface area contributed by atoms with Crippen molar-refractivity contribution >= 4 is 57.3 Å². The summed E-state index contributed by atoms with van der Waals surface area (Å²) in [5, 5.41) is 11.6. The molecular formula is C17H17Cl2N3OS2. The fourth-order valence-corrected chi connectivity index (χ4v) is 4.83. The van der Waals surface area contributed by atoms with Gasteiger partial charge in [-0.1, -0.05) is 90.5 Å². The summed E-state index contributed by atoms with van der Waals surface area (Å²) in [7, 11) is 0. The maximum Gasteiger partial charge on any atom is 0.230 e. The Balaban J connectivity index is 1.56. The summed E-state index contributed by atoms with van der Waals surface area (Å²) in [6.45, 7) is 4.05. The van der Waals surface area contributed by atoms with Crippen molar-refractivity contribution in [1.29, 1.82) is 0 Å². The van der Waals surface area contributed by atoms with Crippen LogP contribution in [0.4, 0.5) is 5.13 Å². The van der Waals surface area contributed by atoms with E-state index in [2.05, 4.69) is 27.6 Å². The molecule has 0 unspecified atom stereocenters. The van der Waals surface area contributed by atoms with Gasteiger partial charge in [-0.05, 0) is 23.0 Å². The topological polar surface area (TPSA) is 54.9 Å². The third-order valence-corrected chi connectivity index (χ3v) is 6.64. The van der Waals surface area contributed by atoms with Crippen LogP contribution < -0.4 is 5.32 Å². The number of hydrogen-bond donors (Lipinski definition) is 1. The molecule has 0 spiro atoms. The zero-order valence-corrected chi connectivity index (χ0v) is 16.8. The van der Waals surface area contributed by atoms with Crippen LogP contribution in [0.3, 0.4) is 0 Å². The molecule has 8 heteroatoms. The Bertz CT molecular complexity index is 788. The third-order valence-electron chi connectivity index (χ3n) is 4.34. The molecule has 1 aromatic carbocycles. The van der Waals surface area contributed by atoms with Gasteiger partial charge in [-0.15, -0.1) is 10.2 Å². The lowest BCUT2D eigenvalue weighted by Crippen LogP contribution is -2.16. The predicted octanol–water partition coefficient (Wildman–Crippen LogP) is 5.36. The van der Waals surface area contributed by atoms with Gasteiger partial charge in [0.1, 0.15) is 4.49 Å². The van der Waals surface area contributed by atoms with Gasteiger partial charge in [-0.25, -0.2) is 0 Å². The highest BCUT2D eigenvalue weighted by Crippen LogP contribution is 2.60. The molecule has 1 heterocycles. The third kappa shape index (κ3) is 4.56. The summed E-state index contributed by atoms with van der Waals surface area (Å²) in [6, 6.07) is 10.2. The molecule has 4 nitrogen and oxygen atoms in total. The van der Waals surface area contributed by atoms with Crippen molar-refractivity contribution in [3.8, 4) is 0 Å². The average molecular weight is 414 g/mol. The average Bonchev–Trinajstić information content (AvgIpc) is 2.90. The van der Waals surface area contributed by atoms with E-state index in [1.54, 1.807) is 17.8 Å². The number of anilines is 1. The normalized spacial score (nSPS) is 20.8. The summed E-state index contributed by atoms with van der Waals surface area (Å²) >= 11 is 14.4. The number of hydrogen-bond acceptors (Lipinski definition) is 5. The van der Waals surface area contributed by atoms with Gasteiger partial charge in [0.05, 0.1) is 5.92 Å². The van der Waals surface area contributed by atoms with Crippen molar-refractivity contribution in [1.82, 2.24) is 10.2 Å². The number of amides is 1. The molecule has 0 saturated heterocycles. The molecule has 1 amide bonds. The number of carbonyl (C=O) groups is 1. The molecule has 2 aromatic rings. The van der Waals surface area contributed by atoms with E-state index in [-0.39, 0.29) is 27.6 Å². The van der Waals surface area contributed by atoms with Crippen LogP contribution in [-0.2, 0) is 10.5 Å². The lowest BCUT2D eigenvalue weighted by atomic mass is 10.1. The second kappa shape index (κ2) is 7.66. The van der Waals surface area contributed by atoms with Crippen LogP contribution in [0.25, 0.3) is 0 Å². The quantitative estimate of drug-likeness (QED) is 0.511. The van der Waals surface area contributed by atoms with E-state index < -0.39 is 0 Å². The molecule has 1 aliphatic carbocycles. The van der Waals surface area contributed by atoms with Crippen LogP contribution in [-0.4, -0.2) is 16.1 Å². The minimum Gasteiger partial charge on any atom is -0.300 e. The molecule has 0 aliphatic heterocycles. The minimum absolute atomic E-state index is 0.0392. The highest BCUT2D eigenvalue weighted by Gasteiger charge is 2.60. The van der Waals surface area contributed by atoms with Crippen LogP contribution in [0.5, 0.6) is 0 Å². The lowest BCUT2D eigenvalue weighted by molar-refractivity contribution is -0.118. The number of aromatic nitrogens is 2. The van der Waals surface area contributed by atoms with Crippen LogP contribution in [0.15, 0.2) is 45.2 Å². The van der Waals surface area contributed by atoms with Crippen molar-refractivity contribution in [3.63, 3.8) is 0 Å². The van der Waals surface area contributed by atoms with Crippen molar-refractivity contribution in [2.75, 3.05) is 5.32 Å². The summed E-state index contributed by atoms with van der Waals surface area (Å²) < 4.78 is 1.03. The Hall–Kier alpha value is -1.08. The lowest BCUT2D eigenvalue weighted by Gasteiger charge is -2.01. The first-order valence-electron chi connectivity index (χ1n) is 7.72. The fraction of sp³-hybridized carbons (Fsp3) is 0.353. The van der Waals surface area contributed by atoms with E-state index in [0.717, 1.165) is 10.1 Å². The SMILES string of the molecule is CC1(C)[C@@H](C=C(Cl)Cl)[C@@H]1C(=O)Nc1nnc(SCc2ccccc2)s1. The Morgan fingerprint density at radius 1 is 1.32 bits per heavy atom. The molecule has 1 fully saturated rings. The molecule has 3 rings (SSSR count). The van der Waals surface area contributed by atoms with Crippen LogP contribution >= 0.6 is 46.3 Å². The maximum atomic E-state index is 12.5. The van der Waals surface area contributed by atoms with E-state index in [1.165, 1.54) is 16.9 Å². The molecule has 1 aromatic heterocycles. The predicted molar refractivity (Wildman–Crippen MR) is 105 cm³/mol. The molecule has 0 bridgehead atoms. The standard InChI is InChI=1S/C17H17Cl2N3OS2/c1-17(2)11(8-12(18)19)13(17)14(23)20-15-21-22-16(25-15)24-9-10-6-4-3-5-7-10/h3-8,11,13H,9H2,1-2H3,(H,20,21,23)/t11-,13+/m0/s1. The van der Waals surface area contributed by atoms with E-state index in [9.17, 15) is 4.79 Å². The maximum absolute atomic E-state index is 12.5. The Morgan fingerprint density at radius 3 is 2.72 bits per heavy atom. The summed E-state index contributed by atoms with van der Waals surface area (Å²) in [5.74, 6) is 0.624. The number of nitrogens with zero attached hydrogens (tertiary/aromatic N) is 2. The van der Waals surface area contributed by atoms with Gasteiger partial charge >= 0.3 is 0 Å². The monoisotopic (exact) mass is 413 g/mol. The number of carbonyl (C=O) groups excluding carboxylic acids is 1. The number of nitrogens with one attached hydrogen (secondary N) is 1. The zero-order chi connectivity index (χ0) is 18.0. The molecule has 25 heavy (non-hydrogen) atoms. The Morgan fingerprint density at radius 2 is 2.04 bits per heavy atom. The highest BCUT2D eigenvalue weighted by atomic mass is 35.5. The Kier molecular flexibility index (Phi) is 5.73. The zero-order valence-electron chi connectivity index (χ0n) is 13.7. The van der Waals surface area contributed by atoms with Gasteiger partial charge in [0.2, 0.25) is 11.0 Å². The fourth-order valence-electron chi connectivity index (χ4n) is 2.85. The first-order valence-corrected chi connectivity index (χ1v) is 10.3. The van der Waals surface area contributed by atoms with E-state index in [4.69, 9.17) is 23.2 Å². The van der Waals surface area contributed by atoms with Crippen molar-refractivity contribution in [2.45, 2.75) is 23.9 Å². The van der Waals surface area contributed by atoms with E-state index in [0.29, 0.717) is 5.13 Å². The summed E-state index contributed by atoms with van der Waals surface area (Å²) in [4.78, 5) is 12.5.